The molecule has 1 aromatic heterocycles. The Bertz CT molecular complexity index is 1020. The van der Waals surface area contributed by atoms with Crippen LogP contribution in [0.3, 0.4) is 0 Å². The topological polar surface area (TPSA) is 65.4 Å². The van der Waals surface area contributed by atoms with E-state index in [0.717, 1.165) is 42.5 Å². The van der Waals surface area contributed by atoms with Crippen molar-refractivity contribution in [1.29, 1.82) is 0 Å². The highest BCUT2D eigenvalue weighted by molar-refractivity contribution is 5.94. The zero-order valence-corrected chi connectivity index (χ0v) is 15.1. The van der Waals surface area contributed by atoms with Gasteiger partial charge in [-0.05, 0) is 44.0 Å². The van der Waals surface area contributed by atoms with Gasteiger partial charge in [0.1, 0.15) is 6.04 Å². The average Bonchev–Trinajstić information content (AvgIpc) is 3.39. The number of anilines is 1. The number of rotatable bonds is 3. The lowest BCUT2D eigenvalue weighted by Crippen LogP contribution is -2.34. The Kier molecular flexibility index (Phi) is 3.60. The Morgan fingerprint density at radius 2 is 1.93 bits per heavy atom. The van der Waals surface area contributed by atoms with Crippen LogP contribution >= 0.6 is 0 Å². The van der Waals surface area contributed by atoms with Crippen LogP contribution in [0.15, 0.2) is 48.8 Å². The van der Waals surface area contributed by atoms with Crippen LogP contribution < -0.4 is 14.8 Å². The molecule has 5 rings (SSSR count). The van der Waals surface area contributed by atoms with Gasteiger partial charge in [-0.15, -0.1) is 0 Å². The van der Waals surface area contributed by atoms with Gasteiger partial charge in [0.2, 0.25) is 5.91 Å². The summed E-state index contributed by atoms with van der Waals surface area (Å²) < 4.78 is 14.0. The molecule has 1 spiro atoms. The van der Waals surface area contributed by atoms with Crippen LogP contribution in [0.4, 0.5) is 5.69 Å². The van der Waals surface area contributed by atoms with E-state index in [4.69, 9.17) is 9.47 Å². The Morgan fingerprint density at radius 3 is 2.78 bits per heavy atom. The van der Waals surface area contributed by atoms with Crippen LogP contribution in [0.5, 0.6) is 11.5 Å². The number of imidazole rings is 1. The highest BCUT2D eigenvalue weighted by Gasteiger charge is 2.44. The molecule has 2 heterocycles. The first kappa shape index (κ1) is 16.2. The number of para-hydroxylation sites is 2. The van der Waals surface area contributed by atoms with Gasteiger partial charge < -0.3 is 19.4 Å². The molecule has 0 bridgehead atoms. The van der Waals surface area contributed by atoms with Crippen molar-refractivity contribution in [3.8, 4) is 11.5 Å². The van der Waals surface area contributed by atoms with Gasteiger partial charge in [0, 0.05) is 24.6 Å². The number of benzene rings is 2. The lowest BCUT2D eigenvalue weighted by atomic mass is 10.2. The average molecular weight is 363 g/mol. The third-order valence-electron chi connectivity index (χ3n) is 5.45. The van der Waals surface area contributed by atoms with Crippen LogP contribution in [0.2, 0.25) is 0 Å². The molecule has 0 radical (unpaired) electrons. The Balaban J connectivity index is 1.34. The van der Waals surface area contributed by atoms with Gasteiger partial charge in [-0.2, -0.15) is 0 Å². The number of hydrogen-bond donors (Lipinski definition) is 1. The second-order valence-corrected chi connectivity index (χ2v) is 7.29. The summed E-state index contributed by atoms with van der Waals surface area (Å²) in [4.78, 5) is 17.1. The van der Waals surface area contributed by atoms with Crippen molar-refractivity contribution in [2.45, 2.75) is 44.4 Å². The fourth-order valence-corrected chi connectivity index (χ4v) is 3.95. The molecular weight excluding hydrogens is 342 g/mol. The van der Waals surface area contributed by atoms with Crippen molar-refractivity contribution in [2.24, 2.45) is 0 Å². The van der Waals surface area contributed by atoms with Crippen LogP contribution in [-0.2, 0) is 4.79 Å². The Morgan fingerprint density at radius 1 is 1.15 bits per heavy atom. The van der Waals surface area contributed by atoms with E-state index in [9.17, 15) is 4.79 Å². The smallest absolute Gasteiger partial charge is 0.251 e. The predicted octanol–water partition coefficient (Wildman–Crippen LogP) is 4.28. The summed E-state index contributed by atoms with van der Waals surface area (Å²) >= 11 is 0. The van der Waals surface area contributed by atoms with Crippen molar-refractivity contribution in [3.05, 3.63) is 48.8 Å². The van der Waals surface area contributed by atoms with E-state index in [0.29, 0.717) is 11.4 Å². The summed E-state index contributed by atoms with van der Waals surface area (Å²) in [5.74, 6) is 0.861. The SMILES string of the molecule is CC(C(=O)Nc1ccc2c(c1)OC1(CCCC1)O2)n1cnc2ccccc21. The predicted molar refractivity (Wildman–Crippen MR) is 102 cm³/mol. The van der Waals surface area contributed by atoms with Crippen molar-refractivity contribution < 1.29 is 14.3 Å². The molecule has 0 saturated heterocycles. The number of hydrogen-bond acceptors (Lipinski definition) is 4. The number of aromatic nitrogens is 2. The molecule has 3 aromatic rings. The maximum Gasteiger partial charge on any atom is 0.251 e. The van der Waals surface area contributed by atoms with Gasteiger partial charge in [-0.1, -0.05) is 12.1 Å². The summed E-state index contributed by atoms with van der Waals surface area (Å²) in [5, 5.41) is 2.98. The number of nitrogens with zero attached hydrogens (tertiary/aromatic N) is 2. The number of ether oxygens (including phenoxy) is 2. The fraction of sp³-hybridized carbons (Fsp3) is 0.333. The third-order valence-corrected chi connectivity index (χ3v) is 5.45. The van der Waals surface area contributed by atoms with E-state index in [1.165, 1.54) is 0 Å². The zero-order valence-electron chi connectivity index (χ0n) is 15.1. The molecule has 2 aliphatic rings. The monoisotopic (exact) mass is 363 g/mol. The maximum absolute atomic E-state index is 12.8. The summed E-state index contributed by atoms with van der Waals surface area (Å²) in [6.45, 7) is 1.87. The maximum atomic E-state index is 12.8. The van der Waals surface area contributed by atoms with Crippen molar-refractivity contribution in [3.63, 3.8) is 0 Å². The van der Waals surface area contributed by atoms with Gasteiger partial charge in [0.25, 0.3) is 5.79 Å². The standard InChI is InChI=1S/C21H21N3O3/c1-14(24-13-22-16-6-2-3-7-17(16)24)20(25)23-15-8-9-18-19(12-15)27-21(26-18)10-4-5-11-21/h2-3,6-9,12-14H,4-5,10-11H2,1H3,(H,23,25). The molecule has 1 atom stereocenters. The first-order chi connectivity index (χ1) is 13.1. The number of amides is 1. The van der Waals surface area contributed by atoms with Crippen molar-refractivity contribution in [2.75, 3.05) is 5.32 Å². The molecule has 1 amide bonds. The number of fused-ring (bicyclic) bond motifs is 2. The molecule has 27 heavy (non-hydrogen) atoms. The lowest BCUT2D eigenvalue weighted by molar-refractivity contribution is -0.118. The summed E-state index contributed by atoms with van der Waals surface area (Å²) in [6.07, 6.45) is 5.77. The molecule has 1 unspecified atom stereocenters. The molecular formula is C21H21N3O3. The molecule has 1 fully saturated rings. The highest BCUT2D eigenvalue weighted by atomic mass is 16.7. The van der Waals surface area contributed by atoms with E-state index in [2.05, 4.69) is 10.3 Å². The van der Waals surface area contributed by atoms with E-state index in [1.807, 2.05) is 54.0 Å². The Labute approximate surface area is 157 Å². The summed E-state index contributed by atoms with van der Waals surface area (Å²) in [7, 11) is 0. The van der Waals surface area contributed by atoms with Gasteiger partial charge in [-0.3, -0.25) is 4.79 Å². The molecule has 1 aliphatic carbocycles. The Hall–Kier alpha value is -3.02. The minimum Gasteiger partial charge on any atom is -0.448 e. The minimum absolute atomic E-state index is 0.104. The summed E-state index contributed by atoms with van der Waals surface area (Å²) in [6, 6.07) is 13.0. The molecule has 6 heteroatoms. The van der Waals surface area contributed by atoms with Gasteiger partial charge in [-0.25, -0.2) is 4.98 Å². The molecule has 6 nitrogen and oxygen atoms in total. The van der Waals surface area contributed by atoms with Gasteiger partial charge in [0.05, 0.1) is 17.4 Å². The number of carbonyl (C=O) groups is 1. The van der Waals surface area contributed by atoms with Crippen LogP contribution in [0, 0.1) is 0 Å². The van der Waals surface area contributed by atoms with Gasteiger partial charge in [0.15, 0.2) is 11.5 Å². The fourth-order valence-electron chi connectivity index (χ4n) is 3.95. The normalized spacial score (nSPS) is 18.1. The first-order valence-corrected chi connectivity index (χ1v) is 9.38. The van der Waals surface area contributed by atoms with Crippen LogP contribution in [0.1, 0.15) is 38.6 Å². The molecule has 2 aromatic carbocycles. The van der Waals surface area contributed by atoms with E-state index in [-0.39, 0.29) is 11.9 Å². The first-order valence-electron chi connectivity index (χ1n) is 9.38. The molecule has 138 valence electrons. The molecule has 1 saturated carbocycles. The van der Waals surface area contributed by atoms with E-state index < -0.39 is 5.79 Å². The van der Waals surface area contributed by atoms with E-state index in [1.54, 1.807) is 6.33 Å². The van der Waals surface area contributed by atoms with Crippen molar-refractivity contribution >= 4 is 22.6 Å². The molecule has 1 N–H and O–H groups in total. The minimum atomic E-state index is -0.492. The lowest BCUT2D eigenvalue weighted by Gasteiger charge is -2.21. The number of nitrogens with one attached hydrogen (secondary N) is 1. The largest absolute Gasteiger partial charge is 0.448 e. The number of carbonyl (C=O) groups excluding carboxylic acids is 1. The summed E-state index contributed by atoms with van der Waals surface area (Å²) in [5.41, 5.74) is 2.52. The van der Waals surface area contributed by atoms with Crippen LogP contribution in [0.25, 0.3) is 11.0 Å². The van der Waals surface area contributed by atoms with Gasteiger partial charge >= 0.3 is 0 Å². The van der Waals surface area contributed by atoms with E-state index >= 15 is 0 Å². The highest BCUT2D eigenvalue weighted by Crippen LogP contribution is 2.47. The quantitative estimate of drug-likeness (QED) is 0.754. The van der Waals surface area contributed by atoms with Crippen molar-refractivity contribution in [1.82, 2.24) is 9.55 Å². The zero-order chi connectivity index (χ0) is 18.4. The third kappa shape index (κ3) is 2.72. The van der Waals surface area contributed by atoms with Crippen LogP contribution in [-0.4, -0.2) is 21.2 Å². The molecule has 1 aliphatic heterocycles. The second-order valence-electron chi connectivity index (χ2n) is 7.29. The second kappa shape index (κ2) is 6.01.